The van der Waals surface area contributed by atoms with E-state index >= 15 is 0 Å². The van der Waals surface area contributed by atoms with Gasteiger partial charge in [-0.2, -0.15) is 4.31 Å². The third-order valence-electron chi connectivity index (χ3n) is 3.05. The molecule has 0 aliphatic rings. The molecule has 8 heteroatoms. The van der Waals surface area contributed by atoms with Crippen LogP contribution in [0.15, 0.2) is 47.4 Å². The lowest BCUT2D eigenvalue weighted by Gasteiger charge is -2.18. The van der Waals surface area contributed by atoms with Gasteiger partial charge in [-0.15, -0.1) is 0 Å². The van der Waals surface area contributed by atoms with Crippen LogP contribution in [0.5, 0.6) is 5.75 Å². The Balaban J connectivity index is 2.03. The molecule has 0 heterocycles. The normalized spacial score (nSPS) is 11.7. The molecule has 0 saturated heterocycles. The molecule has 0 bridgehead atoms. The molecule has 2 aromatic rings. The molecule has 0 aliphatic heterocycles. The van der Waals surface area contributed by atoms with Crippen LogP contribution < -0.4 is 4.74 Å². The molecule has 0 unspecified atom stereocenters. The lowest BCUT2D eigenvalue weighted by atomic mass is 10.3. The van der Waals surface area contributed by atoms with Crippen molar-refractivity contribution in [3.05, 3.63) is 58.3 Å². The van der Waals surface area contributed by atoms with Crippen molar-refractivity contribution in [2.45, 2.75) is 4.90 Å². The molecule has 4 nitrogen and oxygen atoms in total. The Morgan fingerprint density at radius 2 is 1.91 bits per heavy atom. The maximum absolute atomic E-state index is 13.0. The van der Waals surface area contributed by atoms with E-state index in [0.29, 0.717) is 10.8 Å². The van der Waals surface area contributed by atoms with Gasteiger partial charge in [0.1, 0.15) is 23.1 Å². The summed E-state index contributed by atoms with van der Waals surface area (Å²) in [6.45, 7) is 0.234. The van der Waals surface area contributed by atoms with Crippen LogP contribution in [0.4, 0.5) is 4.39 Å². The van der Waals surface area contributed by atoms with Crippen LogP contribution in [0.1, 0.15) is 0 Å². The van der Waals surface area contributed by atoms with E-state index in [1.54, 1.807) is 24.3 Å². The monoisotopic (exact) mass is 377 g/mol. The van der Waals surface area contributed by atoms with Crippen LogP contribution in [0.2, 0.25) is 10.0 Å². The highest BCUT2D eigenvalue weighted by Crippen LogP contribution is 2.24. The molecule has 0 spiro atoms. The highest BCUT2D eigenvalue weighted by Gasteiger charge is 2.23. The van der Waals surface area contributed by atoms with Crippen molar-refractivity contribution in [1.29, 1.82) is 0 Å². The summed E-state index contributed by atoms with van der Waals surface area (Å²) in [4.78, 5) is -0.147. The third-order valence-corrected chi connectivity index (χ3v) is 5.63. The number of ether oxygens (including phenoxy) is 1. The zero-order valence-corrected chi connectivity index (χ0v) is 14.5. The van der Waals surface area contributed by atoms with E-state index in [4.69, 9.17) is 27.9 Å². The van der Waals surface area contributed by atoms with Crippen molar-refractivity contribution >= 4 is 33.2 Å². The summed E-state index contributed by atoms with van der Waals surface area (Å²) in [7, 11) is -2.42. The van der Waals surface area contributed by atoms with E-state index in [9.17, 15) is 12.8 Å². The Morgan fingerprint density at radius 1 is 1.17 bits per heavy atom. The summed E-state index contributed by atoms with van der Waals surface area (Å²) in [6.07, 6.45) is 0. The minimum absolute atomic E-state index is 0.0998. The van der Waals surface area contributed by atoms with Gasteiger partial charge >= 0.3 is 0 Å². The molecule has 0 atom stereocenters. The quantitative estimate of drug-likeness (QED) is 0.768. The van der Waals surface area contributed by atoms with Crippen molar-refractivity contribution in [1.82, 2.24) is 4.31 Å². The van der Waals surface area contributed by atoms with E-state index in [1.165, 1.54) is 7.05 Å². The van der Waals surface area contributed by atoms with Gasteiger partial charge in [0.15, 0.2) is 0 Å². The van der Waals surface area contributed by atoms with Crippen LogP contribution in [-0.2, 0) is 10.0 Å². The number of nitrogens with zero attached hydrogens (tertiary/aromatic N) is 1. The molecule has 124 valence electrons. The van der Waals surface area contributed by atoms with E-state index in [-0.39, 0.29) is 23.1 Å². The van der Waals surface area contributed by atoms with Gasteiger partial charge in [-0.1, -0.05) is 29.3 Å². The molecule has 23 heavy (non-hydrogen) atoms. The first-order chi connectivity index (χ1) is 10.8. The minimum Gasteiger partial charge on any atom is -0.492 e. The molecule has 0 radical (unpaired) electrons. The lowest BCUT2D eigenvalue weighted by Crippen LogP contribution is -2.31. The predicted octanol–water partition coefficient (Wildman–Crippen LogP) is 3.83. The largest absolute Gasteiger partial charge is 0.492 e. The molecule has 2 aromatic carbocycles. The molecule has 2 rings (SSSR count). The zero-order chi connectivity index (χ0) is 17.0. The zero-order valence-electron chi connectivity index (χ0n) is 12.2. The highest BCUT2D eigenvalue weighted by molar-refractivity contribution is 7.89. The number of rotatable bonds is 6. The fraction of sp³-hybridized carbons (Fsp3) is 0.200. The maximum Gasteiger partial charge on any atom is 0.244 e. The van der Waals surface area contributed by atoms with Crippen molar-refractivity contribution in [2.24, 2.45) is 0 Å². The van der Waals surface area contributed by atoms with Gasteiger partial charge in [-0.25, -0.2) is 12.8 Å². The summed E-state index contributed by atoms with van der Waals surface area (Å²) < 4.78 is 44.4. The number of likely N-dealkylation sites (N-methyl/N-ethyl adjacent to an activating group) is 1. The van der Waals surface area contributed by atoms with Crippen LogP contribution >= 0.6 is 23.2 Å². The lowest BCUT2D eigenvalue weighted by molar-refractivity contribution is 0.287. The second kappa shape index (κ2) is 7.49. The fourth-order valence-corrected chi connectivity index (χ4v) is 3.66. The van der Waals surface area contributed by atoms with Crippen LogP contribution in [0.25, 0.3) is 0 Å². The smallest absolute Gasteiger partial charge is 0.244 e. The van der Waals surface area contributed by atoms with Crippen LogP contribution in [0.3, 0.4) is 0 Å². The van der Waals surface area contributed by atoms with Crippen molar-refractivity contribution in [3.63, 3.8) is 0 Å². The number of hydrogen-bond acceptors (Lipinski definition) is 3. The number of sulfonamides is 1. The minimum atomic E-state index is -3.82. The van der Waals surface area contributed by atoms with Crippen LogP contribution in [0, 0.1) is 5.82 Å². The first-order valence-electron chi connectivity index (χ1n) is 6.60. The Kier molecular flexibility index (Phi) is 5.86. The Labute approximate surface area is 144 Å². The number of hydrogen-bond donors (Lipinski definition) is 0. The molecule has 0 fully saturated rings. The number of halogens is 3. The highest BCUT2D eigenvalue weighted by atomic mass is 35.5. The molecule has 0 N–H and O–H groups in total. The van der Waals surface area contributed by atoms with Gasteiger partial charge in [0, 0.05) is 18.6 Å². The SMILES string of the molecule is CN(CCOc1cccc(Cl)c1)S(=O)(=O)c1ccc(F)cc1Cl. The molecule has 0 saturated carbocycles. The van der Waals surface area contributed by atoms with Gasteiger partial charge in [0.05, 0.1) is 5.02 Å². The topological polar surface area (TPSA) is 46.6 Å². The standard InChI is InChI=1S/C15H14Cl2FNO3S/c1-19(7-8-22-13-4-2-3-11(16)9-13)23(20,21)15-6-5-12(18)10-14(15)17/h2-6,9-10H,7-8H2,1H3. The Bertz CT molecular complexity index is 799. The van der Waals surface area contributed by atoms with Gasteiger partial charge in [-0.3, -0.25) is 0 Å². The summed E-state index contributed by atoms with van der Waals surface area (Å²) in [6, 6.07) is 9.95. The van der Waals surface area contributed by atoms with E-state index < -0.39 is 15.8 Å². The third kappa shape index (κ3) is 4.57. The van der Waals surface area contributed by atoms with Gasteiger partial charge < -0.3 is 4.74 Å². The van der Waals surface area contributed by atoms with E-state index in [0.717, 1.165) is 22.5 Å². The average molecular weight is 378 g/mol. The molecular formula is C15H14Cl2FNO3S. The van der Waals surface area contributed by atoms with Gasteiger partial charge in [0.2, 0.25) is 10.0 Å². The average Bonchev–Trinajstić information content (AvgIpc) is 2.46. The van der Waals surface area contributed by atoms with E-state index in [1.807, 2.05) is 0 Å². The maximum atomic E-state index is 13.0. The van der Waals surface area contributed by atoms with E-state index in [2.05, 4.69) is 0 Å². The Morgan fingerprint density at radius 3 is 2.57 bits per heavy atom. The van der Waals surface area contributed by atoms with Crippen LogP contribution in [-0.4, -0.2) is 32.9 Å². The number of benzene rings is 2. The predicted molar refractivity (Wildman–Crippen MR) is 88.2 cm³/mol. The molecule has 0 aromatic heterocycles. The summed E-state index contributed by atoms with van der Waals surface area (Å²) in [5.74, 6) is -0.0518. The van der Waals surface area contributed by atoms with Gasteiger partial charge in [0.25, 0.3) is 0 Å². The Hall–Kier alpha value is -1.34. The summed E-state index contributed by atoms with van der Waals surface area (Å²) >= 11 is 11.7. The molecule has 0 amide bonds. The van der Waals surface area contributed by atoms with Gasteiger partial charge in [-0.05, 0) is 36.4 Å². The first kappa shape index (κ1) is 18.0. The first-order valence-corrected chi connectivity index (χ1v) is 8.80. The fourth-order valence-electron chi connectivity index (χ4n) is 1.82. The van der Waals surface area contributed by atoms with Crippen molar-refractivity contribution in [2.75, 3.05) is 20.2 Å². The second-order valence-corrected chi connectivity index (χ2v) is 7.56. The molecular weight excluding hydrogens is 364 g/mol. The van der Waals surface area contributed by atoms with Crippen molar-refractivity contribution in [3.8, 4) is 5.75 Å². The summed E-state index contributed by atoms with van der Waals surface area (Å²) in [5, 5.41) is 0.370. The molecule has 0 aliphatic carbocycles. The summed E-state index contributed by atoms with van der Waals surface area (Å²) in [5.41, 5.74) is 0. The van der Waals surface area contributed by atoms with Crippen molar-refractivity contribution < 1.29 is 17.5 Å². The second-order valence-electron chi connectivity index (χ2n) is 4.71.